The molecule has 1 atom stereocenters. The Bertz CT molecular complexity index is 988. The summed E-state index contributed by atoms with van der Waals surface area (Å²) < 4.78 is 0. The number of aromatic nitrogens is 3. The highest BCUT2D eigenvalue weighted by atomic mass is 16.4. The average molecular weight is 439 g/mol. The molecule has 8 nitrogen and oxygen atoms in total. The van der Waals surface area contributed by atoms with Gasteiger partial charge >= 0.3 is 5.97 Å². The third-order valence-corrected chi connectivity index (χ3v) is 5.95. The van der Waals surface area contributed by atoms with E-state index >= 15 is 0 Å². The van der Waals surface area contributed by atoms with E-state index in [9.17, 15) is 14.4 Å². The predicted octanol–water partition coefficient (Wildman–Crippen LogP) is 3.90. The van der Waals surface area contributed by atoms with Crippen molar-refractivity contribution >= 4 is 23.3 Å². The van der Waals surface area contributed by atoms with Gasteiger partial charge in [-0.15, -0.1) is 5.10 Å². The minimum absolute atomic E-state index is 0.0291. The molecule has 0 spiro atoms. The van der Waals surface area contributed by atoms with Crippen LogP contribution in [0, 0.1) is 12.8 Å². The molecular formula is C24H30N4O4. The Morgan fingerprint density at radius 3 is 2.62 bits per heavy atom. The number of Topliss-reactive ketones (excluding diaryl/α,β-unsaturated/α-hetero) is 1. The molecule has 3 rings (SSSR count). The second-order valence-corrected chi connectivity index (χ2v) is 8.29. The molecule has 1 aliphatic carbocycles. The zero-order valence-corrected chi connectivity index (χ0v) is 18.7. The van der Waals surface area contributed by atoms with E-state index in [1.165, 1.54) is 0 Å². The number of aliphatic carboxylic acids is 1. The topological polar surface area (TPSA) is 122 Å². The molecule has 0 fully saturated rings. The summed E-state index contributed by atoms with van der Waals surface area (Å²) in [6.45, 7) is 3.86. The maximum absolute atomic E-state index is 12.4. The monoisotopic (exact) mass is 438 g/mol. The quantitative estimate of drug-likeness (QED) is 0.641. The Balaban J connectivity index is 1.80. The lowest BCUT2D eigenvalue weighted by Gasteiger charge is -2.23. The average Bonchev–Trinajstić information content (AvgIpc) is 2.74. The first kappa shape index (κ1) is 23.5. The van der Waals surface area contributed by atoms with Crippen LogP contribution in [0.3, 0.4) is 0 Å². The molecule has 0 radical (unpaired) electrons. The first-order valence-electron chi connectivity index (χ1n) is 11.2. The van der Waals surface area contributed by atoms with Gasteiger partial charge in [0.1, 0.15) is 11.5 Å². The van der Waals surface area contributed by atoms with Crippen molar-refractivity contribution in [3.8, 4) is 11.4 Å². The number of hydrogen-bond donors (Lipinski definition) is 2. The lowest BCUT2D eigenvalue weighted by molar-refractivity contribution is -0.137. The molecule has 0 aromatic carbocycles. The number of pyridine rings is 1. The number of carboxylic acids is 1. The first-order valence-corrected chi connectivity index (χ1v) is 11.2. The summed E-state index contributed by atoms with van der Waals surface area (Å²) in [6.07, 6.45) is 7.01. The van der Waals surface area contributed by atoms with E-state index in [2.05, 4.69) is 20.5 Å². The number of carbonyl (C=O) groups is 3. The van der Waals surface area contributed by atoms with Crippen LogP contribution in [0.2, 0.25) is 0 Å². The number of aryl methyl sites for hydroxylation is 1. The fourth-order valence-corrected chi connectivity index (χ4v) is 4.19. The number of rotatable bonds is 8. The van der Waals surface area contributed by atoms with Crippen molar-refractivity contribution in [2.45, 2.75) is 71.6 Å². The fourth-order valence-electron chi connectivity index (χ4n) is 4.19. The minimum Gasteiger partial charge on any atom is -0.481 e. The van der Waals surface area contributed by atoms with Crippen LogP contribution < -0.4 is 5.32 Å². The largest absolute Gasteiger partial charge is 0.481 e. The molecule has 170 valence electrons. The van der Waals surface area contributed by atoms with E-state index < -0.39 is 5.97 Å². The molecule has 0 saturated carbocycles. The van der Waals surface area contributed by atoms with Crippen molar-refractivity contribution in [1.82, 2.24) is 15.2 Å². The Morgan fingerprint density at radius 1 is 1.12 bits per heavy atom. The van der Waals surface area contributed by atoms with Gasteiger partial charge in [0.15, 0.2) is 0 Å². The van der Waals surface area contributed by atoms with Gasteiger partial charge in [0.2, 0.25) is 5.91 Å². The molecule has 1 aliphatic rings. The van der Waals surface area contributed by atoms with Crippen LogP contribution in [0.25, 0.3) is 11.4 Å². The Morgan fingerprint density at radius 2 is 1.94 bits per heavy atom. The van der Waals surface area contributed by atoms with Gasteiger partial charge in [-0.05, 0) is 62.3 Å². The molecule has 32 heavy (non-hydrogen) atoms. The van der Waals surface area contributed by atoms with E-state index in [-0.39, 0.29) is 24.7 Å². The molecule has 2 aromatic heterocycles. The smallest absolute Gasteiger partial charge is 0.303 e. The molecular weight excluding hydrogens is 408 g/mol. The zero-order valence-electron chi connectivity index (χ0n) is 18.7. The first-order chi connectivity index (χ1) is 15.4. The van der Waals surface area contributed by atoms with Crippen molar-refractivity contribution in [1.29, 1.82) is 0 Å². The van der Waals surface area contributed by atoms with Gasteiger partial charge < -0.3 is 10.4 Å². The van der Waals surface area contributed by atoms with Crippen molar-refractivity contribution in [2.24, 2.45) is 5.92 Å². The number of carbonyl (C=O) groups excluding carboxylic acids is 2. The van der Waals surface area contributed by atoms with Crippen molar-refractivity contribution < 1.29 is 19.5 Å². The second kappa shape index (κ2) is 10.9. The number of amides is 1. The number of nitrogens with zero attached hydrogens (tertiary/aromatic N) is 3. The van der Waals surface area contributed by atoms with E-state index in [1.807, 2.05) is 13.8 Å². The van der Waals surface area contributed by atoms with Gasteiger partial charge in [0.25, 0.3) is 0 Å². The van der Waals surface area contributed by atoms with Crippen LogP contribution in [0.5, 0.6) is 0 Å². The van der Waals surface area contributed by atoms with Crippen LogP contribution in [-0.4, -0.2) is 37.9 Å². The molecule has 2 aromatic rings. The van der Waals surface area contributed by atoms with Crippen LogP contribution in [0.15, 0.2) is 18.3 Å². The molecule has 1 amide bonds. The maximum Gasteiger partial charge on any atom is 0.303 e. The lowest BCUT2D eigenvalue weighted by Crippen LogP contribution is -2.21. The normalized spacial score (nSPS) is 15.9. The second-order valence-electron chi connectivity index (χ2n) is 8.29. The van der Waals surface area contributed by atoms with Crippen LogP contribution >= 0.6 is 0 Å². The number of ketones is 1. The maximum atomic E-state index is 12.4. The molecule has 2 heterocycles. The summed E-state index contributed by atoms with van der Waals surface area (Å²) in [4.78, 5) is 39.5. The molecule has 2 N–H and O–H groups in total. The molecule has 0 saturated heterocycles. The van der Waals surface area contributed by atoms with E-state index in [4.69, 9.17) is 5.11 Å². The number of carboxylic acid groups (broad SMARTS) is 1. The van der Waals surface area contributed by atoms with Gasteiger partial charge in [-0.1, -0.05) is 13.3 Å². The Hall–Kier alpha value is -3.16. The fraction of sp³-hybridized carbons (Fsp3) is 0.500. The standard InChI is InChI=1S/C24H30N4O4/c1-3-21(29)16-7-4-5-8-18-19(13-16)15(2)27-28-24(18)20-12-11-17(14-25-20)26-22(30)9-6-10-23(31)32/h11-12,14,16H,3-10,13H2,1-2H3,(H,26,30)(H,31,32). The zero-order chi connectivity index (χ0) is 23.1. The third kappa shape index (κ3) is 5.96. The summed E-state index contributed by atoms with van der Waals surface area (Å²) in [5, 5.41) is 20.2. The SMILES string of the molecule is CCC(=O)C1CCCCc2c(-c3ccc(NC(=O)CCCC(=O)O)cn3)nnc(C)c2C1. The lowest BCUT2D eigenvalue weighted by atomic mass is 9.82. The Kier molecular flexibility index (Phi) is 8.03. The summed E-state index contributed by atoms with van der Waals surface area (Å²) in [7, 11) is 0. The van der Waals surface area contributed by atoms with Crippen LogP contribution in [0.4, 0.5) is 5.69 Å². The third-order valence-electron chi connectivity index (χ3n) is 5.95. The molecule has 8 heteroatoms. The summed E-state index contributed by atoms with van der Waals surface area (Å²) in [5.41, 5.74) is 5.05. The highest BCUT2D eigenvalue weighted by molar-refractivity contribution is 5.90. The van der Waals surface area contributed by atoms with Crippen molar-refractivity contribution in [3.63, 3.8) is 0 Å². The van der Waals surface area contributed by atoms with Gasteiger partial charge in [-0.2, -0.15) is 5.10 Å². The number of anilines is 1. The molecule has 1 unspecified atom stereocenters. The summed E-state index contributed by atoms with van der Waals surface area (Å²) in [6, 6.07) is 3.57. The summed E-state index contributed by atoms with van der Waals surface area (Å²) >= 11 is 0. The molecule has 0 bridgehead atoms. The number of nitrogens with one attached hydrogen (secondary N) is 1. The van der Waals surface area contributed by atoms with Crippen LogP contribution in [0.1, 0.15) is 68.7 Å². The van der Waals surface area contributed by atoms with Gasteiger partial charge in [-0.25, -0.2) is 0 Å². The van der Waals surface area contributed by atoms with Crippen LogP contribution in [-0.2, 0) is 27.2 Å². The van der Waals surface area contributed by atoms with Crippen molar-refractivity contribution in [2.75, 3.05) is 5.32 Å². The van der Waals surface area contributed by atoms with E-state index in [0.29, 0.717) is 36.4 Å². The number of hydrogen-bond acceptors (Lipinski definition) is 6. The highest BCUT2D eigenvalue weighted by Crippen LogP contribution is 2.31. The van der Waals surface area contributed by atoms with Gasteiger partial charge in [0.05, 0.1) is 23.3 Å². The van der Waals surface area contributed by atoms with Gasteiger partial charge in [0, 0.05) is 25.2 Å². The van der Waals surface area contributed by atoms with Gasteiger partial charge in [-0.3, -0.25) is 19.4 Å². The predicted molar refractivity (Wildman–Crippen MR) is 120 cm³/mol. The Labute approximate surface area is 187 Å². The molecule has 0 aliphatic heterocycles. The summed E-state index contributed by atoms with van der Waals surface area (Å²) in [5.74, 6) is -0.824. The van der Waals surface area contributed by atoms with E-state index in [1.54, 1.807) is 18.3 Å². The van der Waals surface area contributed by atoms with Crippen molar-refractivity contribution in [3.05, 3.63) is 35.2 Å². The van der Waals surface area contributed by atoms with E-state index in [0.717, 1.165) is 48.2 Å². The number of fused-ring (bicyclic) bond motifs is 1. The minimum atomic E-state index is -0.914. The highest BCUT2D eigenvalue weighted by Gasteiger charge is 2.25.